The van der Waals surface area contributed by atoms with Crippen LogP contribution in [0, 0.1) is 0 Å². The summed E-state index contributed by atoms with van der Waals surface area (Å²) in [4.78, 5) is 22.8. The second-order valence-electron chi connectivity index (χ2n) is 5.46. The van der Waals surface area contributed by atoms with Crippen molar-refractivity contribution in [3.8, 4) is 0 Å². The number of rotatable bonds is 13. The zero-order chi connectivity index (χ0) is 16.8. The fraction of sp³-hybridized carbons (Fsp3) is 0.875. The molecule has 0 aromatic carbocycles. The lowest BCUT2D eigenvalue weighted by molar-refractivity contribution is -0.148. The van der Waals surface area contributed by atoms with Gasteiger partial charge in [0.15, 0.2) is 0 Å². The number of hydrogen-bond donors (Lipinski definition) is 2. The molecule has 0 aliphatic rings. The molecule has 0 saturated carbocycles. The number of unbranched alkanes of at least 4 members (excludes halogenated alkanes) is 1. The molecule has 0 rings (SSSR count). The van der Waals surface area contributed by atoms with Crippen LogP contribution in [0.3, 0.4) is 0 Å². The number of carbonyl (C=O) groups excluding carboxylic acids is 2. The van der Waals surface area contributed by atoms with E-state index in [-0.39, 0.29) is 38.0 Å². The van der Waals surface area contributed by atoms with E-state index in [9.17, 15) is 19.8 Å². The predicted octanol–water partition coefficient (Wildman–Crippen LogP) is 1.96. The van der Waals surface area contributed by atoms with Gasteiger partial charge in [-0.3, -0.25) is 9.59 Å². The highest BCUT2D eigenvalue weighted by Crippen LogP contribution is 2.05. The van der Waals surface area contributed by atoms with Gasteiger partial charge in [0.05, 0.1) is 12.2 Å². The minimum Gasteiger partial charge on any atom is -0.463 e. The topological polar surface area (TPSA) is 93.1 Å². The Kier molecular flexibility index (Phi) is 12.8. The van der Waals surface area contributed by atoms with E-state index in [1.54, 1.807) is 0 Å². The Morgan fingerprint density at radius 2 is 1.18 bits per heavy atom. The van der Waals surface area contributed by atoms with Crippen LogP contribution in [0.5, 0.6) is 0 Å². The Hall–Kier alpha value is -1.14. The summed E-state index contributed by atoms with van der Waals surface area (Å²) < 4.78 is 9.86. The molecule has 22 heavy (non-hydrogen) atoms. The van der Waals surface area contributed by atoms with Crippen molar-refractivity contribution in [1.82, 2.24) is 0 Å². The van der Waals surface area contributed by atoms with Crippen molar-refractivity contribution < 1.29 is 29.3 Å². The molecule has 130 valence electrons. The second kappa shape index (κ2) is 13.5. The third kappa shape index (κ3) is 12.6. The van der Waals surface area contributed by atoms with Gasteiger partial charge in [-0.05, 0) is 25.7 Å². The SMILES string of the molecule is CCCC(O)COC(=O)CCCCC(=O)OCC(O)CCC. The van der Waals surface area contributed by atoms with E-state index in [1.807, 2.05) is 13.8 Å². The van der Waals surface area contributed by atoms with E-state index in [0.29, 0.717) is 25.7 Å². The Labute approximate surface area is 132 Å². The summed E-state index contributed by atoms with van der Waals surface area (Å²) in [7, 11) is 0. The van der Waals surface area contributed by atoms with Gasteiger partial charge in [0.2, 0.25) is 0 Å². The minimum absolute atomic E-state index is 0.0318. The molecule has 0 fully saturated rings. The molecule has 0 spiro atoms. The molecule has 0 aliphatic heterocycles. The smallest absolute Gasteiger partial charge is 0.305 e. The van der Waals surface area contributed by atoms with E-state index < -0.39 is 12.2 Å². The van der Waals surface area contributed by atoms with Gasteiger partial charge in [0.1, 0.15) is 13.2 Å². The molecule has 2 unspecified atom stereocenters. The summed E-state index contributed by atoms with van der Waals surface area (Å²) in [5.41, 5.74) is 0. The van der Waals surface area contributed by atoms with Gasteiger partial charge < -0.3 is 19.7 Å². The van der Waals surface area contributed by atoms with Crippen LogP contribution in [0.15, 0.2) is 0 Å². The maximum Gasteiger partial charge on any atom is 0.305 e. The largest absolute Gasteiger partial charge is 0.463 e. The normalized spacial score (nSPS) is 13.5. The zero-order valence-corrected chi connectivity index (χ0v) is 13.8. The van der Waals surface area contributed by atoms with Gasteiger partial charge in [-0.25, -0.2) is 0 Å². The van der Waals surface area contributed by atoms with E-state index >= 15 is 0 Å². The second-order valence-corrected chi connectivity index (χ2v) is 5.46. The Morgan fingerprint density at radius 1 is 0.818 bits per heavy atom. The lowest BCUT2D eigenvalue weighted by atomic mass is 10.2. The lowest BCUT2D eigenvalue weighted by Gasteiger charge is -2.10. The summed E-state index contributed by atoms with van der Waals surface area (Å²) in [6.07, 6.45) is 3.24. The molecule has 2 atom stereocenters. The average Bonchev–Trinajstić information content (AvgIpc) is 2.48. The fourth-order valence-electron chi connectivity index (χ4n) is 1.89. The van der Waals surface area contributed by atoms with E-state index in [4.69, 9.17) is 9.47 Å². The third-order valence-corrected chi connectivity index (χ3v) is 3.13. The number of carbonyl (C=O) groups is 2. The standard InChI is InChI=1S/C16H30O6/c1-3-7-13(17)11-21-15(19)9-5-6-10-16(20)22-12-14(18)8-4-2/h13-14,17-18H,3-12H2,1-2H3. The summed E-state index contributed by atoms with van der Waals surface area (Å²) >= 11 is 0. The quantitative estimate of drug-likeness (QED) is 0.398. The average molecular weight is 318 g/mol. The highest BCUT2D eigenvalue weighted by atomic mass is 16.5. The number of aliphatic hydroxyl groups excluding tert-OH is 2. The molecule has 0 radical (unpaired) electrons. The molecule has 0 amide bonds. The van der Waals surface area contributed by atoms with Crippen LogP contribution >= 0.6 is 0 Å². The third-order valence-electron chi connectivity index (χ3n) is 3.13. The first-order valence-corrected chi connectivity index (χ1v) is 8.16. The summed E-state index contributed by atoms with van der Waals surface area (Å²) in [5.74, 6) is -0.719. The summed E-state index contributed by atoms with van der Waals surface area (Å²) in [5, 5.41) is 18.9. The number of esters is 2. The molecule has 0 heterocycles. The van der Waals surface area contributed by atoms with Crippen LogP contribution in [-0.2, 0) is 19.1 Å². The highest BCUT2D eigenvalue weighted by Gasteiger charge is 2.10. The van der Waals surface area contributed by atoms with Crippen LogP contribution in [0.1, 0.15) is 65.2 Å². The Bertz CT molecular complexity index is 275. The Morgan fingerprint density at radius 3 is 1.50 bits per heavy atom. The van der Waals surface area contributed by atoms with Crippen LogP contribution < -0.4 is 0 Å². The molecule has 0 aliphatic carbocycles. The van der Waals surface area contributed by atoms with E-state index in [0.717, 1.165) is 12.8 Å². The number of aliphatic hydroxyl groups is 2. The van der Waals surface area contributed by atoms with Crippen LogP contribution in [0.4, 0.5) is 0 Å². The van der Waals surface area contributed by atoms with Crippen molar-refractivity contribution in [2.45, 2.75) is 77.4 Å². The molecule has 2 N–H and O–H groups in total. The maximum atomic E-state index is 11.4. The van der Waals surface area contributed by atoms with Crippen LogP contribution in [-0.4, -0.2) is 47.6 Å². The molecule has 6 heteroatoms. The zero-order valence-electron chi connectivity index (χ0n) is 13.8. The molecule has 0 aromatic rings. The van der Waals surface area contributed by atoms with E-state index in [1.165, 1.54) is 0 Å². The van der Waals surface area contributed by atoms with Crippen molar-refractivity contribution in [2.75, 3.05) is 13.2 Å². The van der Waals surface area contributed by atoms with Crippen LogP contribution in [0.25, 0.3) is 0 Å². The molecule has 0 saturated heterocycles. The number of ether oxygens (including phenoxy) is 2. The Balaban J connectivity index is 3.54. The van der Waals surface area contributed by atoms with Gasteiger partial charge >= 0.3 is 11.9 Å². The number of hydrogen-bond acceptors (Lipinski definition) is 6. The predicted molar refractivity (Wildman–Crippen MR) is 82.2 cm³/mol. The first-order valence-electron chi connectivity index (χ1n) is 8.16. The molecule has 0 aromatic heterocycles. The minimum atomic E-state index is -0.599. The van der Waals surface area contributed by atoms with Gasteiger partial charge in [-0.1, -0.05) is 26.7 Å². The van der Waals surface area contributed by atoms with Crippen molar-refractivity contribution in [3.05, 3.63) is 0 Å². The molecular weight excluding hydrogens is 288 g/mol. The molecule has 6 nitrogen and oxygen atoms in total. The van der Waals surface area contributed by atoms with Crippen LogP contribution in [0.2, 0.25) is 0 Å². The van der Waals surface area contributed by atoms with Gasteiger partial charge in [0, 0.05) is 12.8 Å². The highest BCUT2D eigenvalue weighted by molar-refractivity contribution is 5.70. The maximum absolute atomic E-state index is 11.4. The monoisotopic (exact) mass is 318 g/mol. The summed E-state index contributed by atoms with van der Waals surface area (Å²) in [6.45, 7) is 3.96. The fourth-order valence-corrected chi connectivity index (χ4v) is 1.89. The lowest BCUT2D eigenvalue weighted by Crippen LogP contribution is -2.19. The van der Waals surface area contributed by atoms with Gasteiger partial charge in [-0.15, -0.1) is 0 Å². The molecular formula is C16H30O6. The summed E-state index contributed by atoms with van der Waals surface area (Å²) in [6, 6.07) is 0. The van der Waals surface area contributed by atoms with Crippen molar-refractivity contribution in [3.63, 3.8) is 0 Å². The van der Waals surface area contributed by atoms with E-state index in [2.05, 4.69) is 0 Å². The first kappa shape index (κ1) is 20.9. The van der Waals surface area contributed by atoms with Crippen molar-refractivity contribution in [2.24, 2.45) is 0 Å². The van der Waals surface area contributed by atoms with Gasteiger partial charge in [0.25, 0.3) is 0 Å². The van der Waals surface area contributed by atoms with Crippen molar-refractivity contribution in [1.29, 1.82) is 0 Å². The van der Waals surface area contributed by atoms with Gasteiger partial charge in [-0.2, -0.15) is 0 Å². The first-order chi connectivity index (χ1) is 10.5. The van der Waals surface area contributed by atoms with Crippen molar-refractivity contribution >= 4 is 11.9 Å². The molecule has 0 bridgehead atoms.